The zero-order valence-corrected chi connectivity index (χ0v) is 17.2. The average molecular weight is 449 g/mol. The maximum Gasteiger partial charge on any atom is 0.245 e. The molecule has 2 aromatic carbocycles. The van der Waals surface area contributed by atoms with Crippen molar-refractivity contribution >= 4 is 31.9 Å². The number of rotatable bonds is 3. The lowest BCUT2D eigenvalue weighted by atomic mass is 9.95. The molecule has 0 radical (unpaired) electrons. The Morgan fingerprint density at radius 2 is 1.59 bits per heavy atom. The smallest absolute Gasteiger partial charge is 0.245 e. The van der Waals surface area contributed by atoms with E-state index in [0.717, 1.165) is 24.0 Å². The van der Waals surface area contributed by atoms with Gasteiger partial charge in [-0.1, -0.05) is 36.4 Å². The number of likely N-dealkylation sites (tertiary alicyclic amines) is 1. The lowest BCUT2D eigenvalue weighted by Crippen LogP contribution is -2.53. The van der Waals surface area contributed by atoms with Gasteiger partial charge in [0.25, 0.3) is 0 Å². The molecule has 0 aliphatic carbocycles. The molecule has 27 heavy (non-hydrogen) atoms. The third-order valence-corrected chi connectivity index (χ3v) is 8.20. The van der Waals surface area contributed by atoms with Crippen molar-refractivity contribution in [2.45, 2.75) is 36.7 Å². The molecule has 1 saturated heterocycles. The van der Waals surface area contributed by atoms with Crippen molar-refractivity contribution in [1.29, 1.82) is 0 Å². The van der Waals surface area contributed by atoms with E-state index in [-0.39, 0.29) is 17.3 Å². The fourth-order valence-electron chi connectivity index (χ4n) is 3.89. The minimum atomic E-state index is -3.82. The van der Waals surface area contributed by atoms with Crippen molar-refractivity contribution in [3.63, 3.8) is 0 Å². The van der Waals surface area contributed by atoms with Gasteiger partial charge in [0.15, 0.2) is 0 Å². The van der Waals surface area contributed by atoms with E-state index in [9.17, 15) is 13.2 Å². The Hall–Kier alpha value is -1.70. The Balaban J connectivity index is 1.77. The van der Waals surface area contributed by atoms with Gasteiger partial charge in [-0.25, -0.2) is 8.42 Å². The molecular formula is C20H21BrN2O3S. The minimum Gasteiger partial charge on any atom is -0.341 e. The third kappa shape index (κ3) is 3.44. The number of carbonyl (C=O) groups is 1. The van der Waals surface area contributed by atoms with Crippen LogP contribution in [0.15, 0.2) is 57.9 Å². The molecule has 2 aromatic rings. The highest BCUT2D eigenvalue weighted by atomic mass is 79.9. The van der Waals surface area contributed by atoms with Crippen molar-refractivity contribution in [3.05, 3.63) is 64.1 Å². The maximum atomic E-state index is 13.5. The van der Waals surface area contributed by atoms with Crippen LogP contribution in [-0.4, -0.2) is 42.7 Å². The van der Waals surface area contributed by atoms with Gasteiger partial charge >= 0.3 is 0 Å². The van der Waals surface area contributed by atoms with E-state index in [4.69, 9.17) is 0 Å². The van der Waals surface area contributed by atoms with Gasteiger partial charge in [-0.05, 0) is 58.5 Å². The standard InChI is InChI=1S/C20H21BrN2O3S/c21-17-9-3-4-10-19(17)27(25,26)23-14-16-8-2-1-7-15(16)13-18(23)20(24)22-11-5-6-12-22/h1-4,7-10,18H,5-6,11-14H2/t18-/m0/s1. The van der Waals surface area contributed by atoms with E-state index in [2.05, 4.69) is 15.9 Å². The first-order valence-corrected chi connectivity index (χ1v) is 11.3. The number of halogens is 1. The Morgan fingerprint density at radius 3 is 2.30 bits per heavy atom. The van der Waals surface area contributed by atoms with Crippen molar-refractivity contribution < 1.29 is 13.2 Å². The van der Waals surface area contributed by atoms with Crippen LogP contribution in [0.3, 0.4) is 0 Å². The van der Waals surface area contributed by atoms with E-state index in [1.807, 2.05) is 24.3 Å². The van der Waals surface area contributed by atoms with Gasteiger partial charge in [0, 0.05) is 24.1 Å². The molecule has 2 aliphatic rings. The largest absolute Gasteiger partial charge is 0.341 e. The molecule has 0 unspecified atom stereocenters. The van der Waals surface area contributed by atoms with E-state index in [0.29, 0.717) is 24.0 Å². The van der Waals surface area contributed by atoms with E-state index in [1.165, 1.54) is 4.31 Å². The van der Waals surface area contributed by atoms with Crippen molar-refractivity contribution in [2.24, 2.45) is 0 Å². The van der Waals surface area contributed by atoms with Crippen LogP contribution in [0.25, 0.3) is 0 Å². The van der Waals surface area contributed by atoms with Gasteiger partial charge in [-0.2, -0.15) is 4.31 Å². The van der Waals surface area contributed by atoms with Crippen LogP contribution in [0.2, 0.25) is 0 Å². The molecule has 5 nitrogen and oxygen atoms in total. The number of fused-ring (bicyclic) bond motifs is 1. The molecule has 142 valence electrons. The van der Waals surface area contributed by atoms with Crippen LogP contribution < -0.4 is 0 Å². The fraction of sp³-hybridized carbons (Fsp3) is 0.350. The second-order valence-corrected chi connectivity index (χ2v) is 9.72. The van der Waals surface area contributed by atoms with Crippen LogP contribution in [0.1, 0.15) is 24.0 Å². The molecule has 7 heteroatoms. The number of amides is 1. The molecule has 2 aliphatic heterocycles. The second kappa shape index (κ2) is 7.37. The molecule has 2 heterocycles. The third-order valence-electron chi connectivity index (χ3n) is 5.33. The van der Waals surface area contributed by atoms with Gasteiger partial charge in [0.1, 0.15) is 6.04 Å². The highest BCUT2D eigenvalue weighted by Crippen LogP contribution is 2.33. The summed E-state index contributed by atoms with van der Waals surface area (Å²) >= 11 is 3.35. The molecule has 0 saturated carbocycles. The SMILES string of the molecule is O=C([C@@H]1Cc2ccccc2CN1S(=O)(=O)c1ccccc1Br)N1CCCC1. The summed E-state index contributed by atoms with van der Waals surface area (Å²) in [6, 6.07) is 13.8. The normalized spacial score (nSPS) is 20.5. The Labute approximate surface area is 168 Å². The van der Waals surface area contributed by atoms with Crippen molar-refractivity contribution in [2.75, 3.05) is 13.1 Å². The highest BCUT2D eigenvalue weighted by molar-refractivity contribution is 9.10. The zero-order valence-electron chi connectivity index (χ0n) is 14.8. The van der Waals surface area contributed by atoms with E-state index >= 15 is 0 Å². The van der Waals surface area contributed by atoms with Gasteiger partial charge in [-0.3, -0.25) is 4.79 Å². The van der Waals surface area contributed by atoms with Crippen molar-refractivity contribution in [3.8, 4) is 0 Å². The molecule has 1 amide bonds. The van der Waals surface area contributed by atoms with Crippen LogP contribution in [0.5, 0.6) is 0 Å². The molecule has 0 aromatic heterocycles. The molecule has 1 atom stereocenters. The highest BCUT2D eigenvalue weighted by Gasteiger charge is 2.42. The summed E-state index contributed by atoms with van der Waals surface area (Å²) in [6.45, 7) is 1.63. The lowest BCUT2D eigenvalue weighted by molar-refractivity contribution is -0.134. The van der Waals surface area contributed by atoms with Crippen LogP contribution in [0, 0.1) is 0 Å². The first-order valence-electron chi connectivity index (χ1n) is 9.10. The molecule has 0 spiro atoms. The number of nitrogens with zero attached hydrogens (tertiary/aromatic N) is 2. The number of hydrogen-bond donors (Lipinski definition) is 0. The molecule has 1 fully saturated rings. The van der Waals surface area contributed by atoms with Gasteiger partial charge < -0.3 is 4.90 Å². The maximum absolute atomic E-state index is 13.5. The first kappa shape index (κ1) is 18.7. The van der Waals surface area contributed by atoms with E-state index in [1.54, 1.807) is 29.2 Å². The summed E-state index contributed by atoms with van der Waals surface area (Å²) < 4.78 is 28.8. The predicted molar refractivity (Wildman–Crippen MR) is 107 cm³/mol. The fourth-order valence-corrected chi connectivity index (χ4v) is 6.42. The summed E-state index contributed by atoms with van der Waals surface area (Å²) in [6.07, 6.45) is 2.37. The second-order valence-electron chi connectivity index (χ2n) is 7.00. The minimum absolute atomic E-state index is 0.0855. The Bertz CT molecular complexity index is 971. The monoisotopic (exact) mass is 448 g/mol. The quantitative estimate of drug-likeness (QED) is 0.724. The topological polar surface area (TPSA) is 57.7 Å². The number of hydrogen-bond acceptors (Lipinski definition) is 3. The Morgan fingerprint density at radius 1 is 0.963 bits per heavy atom. The number of carbonyl (C=O) groups excluding carboxylic acids is 1. The zero-order chi connectivity index (χ0) is 19.0. The molecule has 0 bridgehead atoms. The van der Waals surface area contributed by atoms with Crippen LogP contribution >= 0.6 is 15.9 Å². The van der Waals surface area contributed by atoms with Gasteiger partial charge in [0.2, 0.25) is 15.9 Å². The summed E-state index contributed by atoms with van der Waals surface area (Å²) in [4.78, 5) is 15.2. The number of benzene rings is 2. The van der Waals surface area contributed by atoms with E-state index < -0.39 is 16.1 Å². The first-order chi connectivity index (χ1) is 13.0. The van der Waals surface area contributed by atoms with Gasteiger partial charge in [-0.15, -0.1) is 0 Å². The van der Waals surface area contributed by atoms with Gasteiger partial charge in [0.05, 0.1) is 4.90 Å². The molecule has 0 N–H and O–H groups in total. The Kier molecular flexibility index (Phi) is 5.09. The van der Waals surface area contributed by atoms with Crippen LogP contribution in [0.4, 0.5) is 0 Å². The summed E-state index contributed by atoms with van der Waals surface area (Å²) in [7, 11) is -3.82. The predicted octanol–water partition coefficient (Wildman–Crippen LogP) is 3.19. The average Bonchev–Trinajstić information content (AvgIpc) is 3.21. The summed E-state index contributed by atoms with van der Waals surface area (Å²) in [5.74, 6) is -0.0855. The summed E-state index contributed by atoms with van der Waals surface area (Å²) in [5, 5.41) is 0. The molecule has 4 rings (SSSR count). The summed E-state index contributed by atoms with van der Waals surface area (Å²) in [5.41, 5.74) is 2.01. The lowest BCUT2D eigenvalue weighted by Gasteiger charge is -2.37. The molecular weight excluding hydrogens is 428 g/mol. The van der Waals surface area contributed by atoms with Crippen molar-refractivity contribution in [1.82, 2.24) is 9.21 Å². The number of sulfonamides is 1. The van der Waals surface area contributed by atoms with Crippen LogP contribution in [-0.2, 0) is 27.8 Å².